The van der Waals surface area contributed by atoms with E-state index in [1.165, 1.54) is 16.9 Å². The number of amides is 1. The second kappa shape index (κ2) is 9.37. The van der Waals surface area contributed by atoms with Crippen molar-refractivity contribution in [3.05, 3.63) is 75.4 Å². The van der Waals surface area contributed by atoms with Gasteiger partial charge < -0.3 is 15.4 Å². The number of rotatable bonds is 6. The van der Waals surface area contributed by atoms with E-state index in [4.69, 9.17) is 16.3 Å². The van der Waals surface area contributed by atoms with E-state index in [-0.39, 0.29) is 11.7 Å². The normalized spacial score (nSPS) is 12.9. The third-order valence-corrected chi connectivity index (χ3v) is 7.21. The Hall–Kier alpha value is -3.16. The predicted molar refractivity (Wildman–Crippen MR) is 134 cm³/mol. The molecule has 0 saturated carbocycles. The van der Waals surface area contributed by atoms with Gasteiger partial charge in [0.15, 0.2) is 0 Å². The zero-order valence-electron chi connectivity index (χ0n) is 18.2. The number of methoxy groups -OCH3 is 1. The van der Waals surface area contributed by atoms with Gasteiger partial charge in [0, 0.05) is 17.1 Å². The number of aryl methyl sites for hydroxylation is 2. The maximum absolute atomic E-state index is 13.0. The summed E-state index contributed by atoms with van der Waals surface area (Å²) in [6.07, 6.45) is 4.40. The van der Waals surface area contributed by atoms with Crippen LogP contribution >= 0.6 is 22.9 Å². The molecule has 1 amide bonds. The summed E-state index contributed by atoms with van der Waals surface area (Å²) in [4.78, 5) is 24.5. The van der Waals surface area contributed by atoms with Gasteiger partial charge in [0.25, 0.3) is 5.91 Å². The first-order valence-corrected chi connectivity index (χ1v) is 12.1. The first kappa shape index (κ1) is 21.7. The average molecular weight is 479 g/mol. The highest BCUT2D eigenvalue weighted by Crippen LogP contribution is 2.39. The maximum Gasteiger partial charge on any atom is 0.293 e. The molecule has 2 heterocycles. The van der Waals surface area contributed by atoms with Crippen LogP contribution < -0.4 is 15.4 Å². The van der Waals surface area contributed by atoms with Gasteiger partial charge >= 0.3 is 0 Å². The number of benzene rings is 2. The van der Waals surface area contributed by atoms with E-state index in [2.05, 4.69) is 20.6 Å². The van der Waals surface area contributed by atoms with E-state index in [1.54, 1.807) is 18.4 Å². The van der Waals surface area contributed by atoms with E-state index < -0.39 is 0 Å². The lowest BCUT2D eigenvalue weighted by molar-refractivity contribution is 0.101. The first-order valence-electron chi connectivity index (χ1n) is 10.9. The van der Waals surface area contributed by atoms with Crippen molar-refractivity contribution in [1.82, 2.24) is 9.97 Å². The Labute approximate surface area is 201 Å². The molecule has 0 unspecified atom stereocenters. The van der Waals surface area contributed by atoms with Crippen molar-refractivity contribution < 1.29 is 9.53 Å². The quantitative estimate of drug-likeness (QED) is 0.350. The molecule has 0 aliphatic heterocycles. The maximum atomic E-state index is 13.0. The Bertz CT molecular complexity index is 1320. The highest BCUT2D eigenvalue weighted by Gasteiger charge is 2.23. The molecule has 1 aliphatic rings. The van der Waals surface area contributed by atoms with Crippen LogP contribution in [0.1, 0.15) is 39.5 Å². The fraction of sp³-hybridized carbons (Fsp3) is 0.240. The van der Waals surface area contributed by atoms with Crippen molar-refractivity contribution in [1.29, 1.82) is 0 Å². The molecule has 0 radical (unpaired) electrons. The number of para-hydroxylation sites is 1. The number of halogens is 1. The number of nitrogens with one attached hydrogen (secondary N) is 2. The van der Waals surface area contributed by atoms with Gasteiger partial charge in [-0.05, 0) is 61.1 Å². The van der Waals surface area contributed by atoms with Crippen LogP contribution in [0.5, 0.6) is 5.75 Å². The number of hydrogen-bond donors (Lipinski definition) is 2. The Morgan fingerprint density at radius 3 is 2.73 bits per heavy atom. The Morgan fingerprint density at radius 1 is 1.12 bits per heavy atom. The third kappa shape index (κ3) is 4.51. The van der Waals surface area contributed by atoms with Crippen LogP contribution in [-0.2, 0) is 19.4 Å². The van der Waals surface area contributed by atoms with E-state index in [0.717, 1.165) is 35.0 Å². The standard InChI is InChI=1S/C25H23ClN4O2S/c1-32-19-12-11-15(13-18(19)26)14-27-22-21-17-9-5-6-10-20(17)33-25(21)30-23(29-22)24(31)28-16-7-3-2-4-8-16/h2-4,7-8,11-13H,5-6,9-10,14H2,1H3,(H,28,31)(H,27,29,30). The number of aromatic nitrogens is 2. The lowest BCUT2D eigenvalue weighted by Gasteiger charge is -2.14. The lowest BCUT2D eigenvalue weighted by Crippen LogP contribution is -2.17. The summed E-state index contributed by atoms with van der Waals surface area (Å²) < 4.78 is 5.25. The van der Waals surface area contributed by atoms with Gasteiger partial charge in [-0.25, -0.2) is 9.97 Å². The molecule has 2 N–H and O–H groups in total. The molecule has 8 heteroatoms. The van der Waals surface area contributed by atoms with E-state index >= 15 is 0 Å². The van der Waals surface area contributed by atoms with Crippen LogP contribution in [0.4, 0.5) is 11.5 Å². The molecule has 0 fully saturated rings. The number of nitrogens with zero attached hydrogens (tertiary/aromatic N) is 2. The number of anilines is 2. The number of carbonyl (C=O) groups is 1. The second-order valence-corrected chi connectivity index (χ2v) is 9.42. The van der Waals surface area contributed by atoms with Crippen LogP contribution in [0, 0.1) is 0 Å². The van der Waals surface area contributed by atoms with E-state index in [9.17, 15) is 4.79 Å². The van der Waals surface area contributed by atoms with Crippen LogP contribution in [0.15, 0.2) is 48.5 Å². The fourth-order valence-electron chi connectivity index (χ4n) is 4.10. The van der Waals surface area contributed by atoms with Crippen molar-refractivity contribution in [2.45, 2.75) is 32.2 Å². The predicted octanol–water partition coefficient (Wildman–Crippen LogP) is 6.10. The summed E-state index contributed by atoms with van der Waals surface area (Å²) in [5.74, 6) is 1.14. The third-order valence-electron chi connectivity index (χ3n) is 5.73. The summed E-state index contributed by atoms with van der Waals surface area (Å²) in [5.41, 5.74) is 3.01. The van der Waals surface area contributed by atoms with Crippen molar-refractivity contribution in [2.75, 3.05) is 17.7 Å². The Balaban J connectivity index is 1.50. The summed E-state index contributed by atoms with van der Waals surface area (Å²) in [6, 6.07) is 15.0. The number of carbonyl (C=O) groups excluding carboxylic acids is 1. The van der Waals surface area contributed by atoms with Gasteiger partial charge in [-0.3, -0.25) is 4.79 Å². The Kier molecular flexibility index (Phi) is 6.15. The van der Waals surface area contributed by atoms with Crippen molar-refractivity contribution in [3.63, 3.8) is 0 Å². The number of hydrogen-bond acceptors (Lipinski definition) is 6. The number of fused-ring (bicyclic) bond motifs is 3. The van der Waals surface area contributed by atoms with Gasteiger partial charge in [0.1, 0.15) is 16.4 Å². The molecule has 0 atom stereocenters. The van der Waals surface area contributed by atoms with Crippen LogP contribution in [0.3, 0.4) is 0 Å². The number of thiophene rings is 1. The van der Waals surface area contributed by atoms with Crippen LogP contribution in [0.2, 0.25) is 5.02 Å². The topological polar surface area (TPSA) is 76.1 Å². The van der Waals surface area contributed by atoms with Crippen molar-refractivity contribution in [3.8, 4) is 5.75 Å². The fourth-order valence-corrected chi connectivity index (χ4v) is 5.64. The molecule has 1 aliphatic carbocycles. The molecule has 168 valence electrons. The molecule has 6 nitrogen and oxygen atoms in total. The average Bonchev–Trinajstić information content (AvgIpc) is 3.22. The monoisotopic (exact) mass is 478 g/mol. The van der Waals surface area contributed by atoms with Gasteiger partial charge in [0.05, 0.1) is 17.5 Å². The number of ether oxygens (including phenoxy) is 1. The minimum Gasteiger partial charge on any atom is -0.495 e. The van der Waals surface area contributed by atoms with E-state index in [0.29, 0.717) is 28.8 Å². The molecule has 33 heavy (non-hydrogen) atoms. The second-order valence-electron chi connectivity index (χ2n) is 7.93. The molecule has 5 rings (SSSR count). The highest BCUT2D eigenvalue weighted by atomic mass is 35.5. The molecular weight excluding hydrogens is 456 g/mol. The molecular formula is C25H23ClN4O2S. The summed E-state index contributed by atoms with van der Waals surface area (Å²) in [5, 5.41) is 7.92. The zero-order chi connectivity index (χ0) is 22.8. The smallest absolute Gasteiger partial charge is 0.293 e. The minimum atomic E-state index is -0.329. The first-order chi connectivity index (χ1) is 16.1. The van der Waals surface area contributed by atoms with Crippen molar-refractivity contribution >= 4 is 50.6 Å². The molecule has 0 saturated heterocycles. The van der Waals surface area contributed by atoms with Gasteiger partial charge in [-0.1, -0.05) is 35.9 Å². The molecule has 2 aromatic carbocycles. The van der Waals surface area contributed by atoms with Gasteiger partial charge in [0.2, 0.25) is 5.82 Å². The van der Waals surface area contributed by atoms with Gasteiger partial charge in [-0.2, -0.15) is 0 Å². The largest absolute Gasteiger partial charge is 0.495 e. The van der Waals surface area contributed by atoms with E-state index in [1.807, 2.05) is 48.5 Å². The molecule has 0 spiro atoms. The Morgan fingerprint density at radius 2 is 1.94 bits per heavy atom. The summed E-state index contributed by atoms with van der Waals surface area (Å²) in [6.45, 7) is 0.514. The van der Waals surface area contributed by atoms with Gasteiger partial charge in [-0.15, -0.1) is 11.3 Å². The minimum absolute atomic E-state index is 0.153. The lowest BCUT2D eigenvalue weighted by atomic mass is 9.97. The molecule has 2 aromatic heterocycles. The summed E-state index contributed by atoms with van der Waals surface area (Å²) >= 11 is 7.97. The highest BCUT2D eigenvalue weighted by molar-refractivity contribution is 7.19. The van der Waals surface area contributed by atoms with Crippen LogP contribution in [0.25, 0.3) is 10.2 Å². The SMILES string of the molecule is COc1ccc(CNc2nc(C(=O)Nc3ccccc3)nc3sc4c(c23)CCCC4)cc1Cl. The zero-order valence-corrected chi connectivity index (χ0v) is 19.7. The van der Waals surface area contributed by atoms with Crippen molar-refractivity contribution in [2.24, 2.45) is 0 Å². The molecule has 0 bridgehead atoms. The van der Waals surface area contributed by atoms with Crippen LogP contribution in [-0.4, -0.2) is 23.0 Å². The molecule has 4 aromatic rings. The summed E-state index contributed by atoms with van der Waals surface area (Å²) in [7, 11) is 1.60.